The number of hydrogen-bond acceptors (Lipinski definition) is 3. The quantitative estimate of drug-likeness (QED) is 0.510. The van der Waals surface area contributed by atoms with Crippen molar-refractivity contribution >= 4 is 11.8 Å². The Morgan fingerprint density at radius 2 is 2.29 bits per heavy atom. The maximum atomic E-state index is 11.6. The van der Waals surface area contributed by atoms with Crippen molar-refractivity contribution in [3.8, 4) is 0 Å². The number of rotatable bonds is 5. The molecule has 0 aliphatic carbocycles. The Balaban J connectivity index is 2.63. The largest absolute Gasteiger partial charge is 0.377 e. The van der Waals surface area contributed by atoms with Crippen LogP contribution < -0.4 is 5.32 Å². The molecule has 1 N–H and O–H groups in total. The third-order valence-corrected chi connectivity index (χ3v) is 1.89. The van der Waals surface area contributed by atoms with Crippen molar-refractivity contribution < 1.29 is 9.59 Å². The number of nitrogens with zero attached hydrogens (tertiary/aromatic N) is 1. The highest BCUT2D eigenvalue weighted by atomic mass is 16.2. The summed E-state index contributed by atoms with van der Waals surface area (Å²) in [6, 6.07) is 0. The molecule has 0 unspecified atom stereocenters. The summed E-state index contributed by atoms with van der Waals surface area (Å²) in [5, 5.41) is 2.83. The zero-order chi connectivity index (χ0) is 10.6. The van der Waals surface area contributed by atoms with Crippen molar-refractivity contribution in [1.29, 1.82) is 0 Å². The van der Waals surface area contributed by atoms with Crippen LogP contribution in [0.2, 0.25) is 0 Å². The summed E-state index contributed by atoms with van der Waals surface area (Å²) in [6.45, 7) is 6.42. The van der Waals surface area contributed by atoms with Gasteiger partial charge in [-0.2, -0.15) is 0 Å². The molecule has 1 aliphatic rings. The molecule has 76 valence electrons. The molecule has 0 aromatic rings. The summed E-state index contributed by atoms with van der Waals surface area (Å²) in [6.07, 6.45) is 3.75. The van der Waals surface area contributed by atoms with E-state index in [9.17, 15) is 9.59 Å². The normalized spacial score (nSPS) is 15.8. The van der Waals surface area contributed by atoms with Crippen LogP contribution in [-0.2, 0) is 9.59 Å². The van der Waals surface area contributed by atoms with Crippen LogP contribution >= 0.6 is 0 Å². The fraction of sp³-hybridized carbons (Fsp3) is 0.400. The summed E-state index contributed by atoms with van der Waals surface area (Å²) in [7, 11) is 0. The highest BCUT2D eigenvalue weighted by molar-refractivity contribution is 6.15. The fourth-order valence-corrected chi connectivity index (χ4v) is 1.25. The molecule has 0 fully saturated rings. The molecule has 4 heteroatoms. The molecule has 0 atom stereocenters. The topological polar surface area (TPSA) is 49.4 Å². The van der Waals surface area contributed by atoms with Gasteiger partial charge in [-0.1, -0.05) is 13.0 Å². The molecule has 0 aromatic heterocycles. The van der Waals surface area contributed by atoms with Gasteiger partial charge in [0, 0.05) is 19.2 Å². The van der Waals surface area contributed by atoms with Gasteiger partial charge in [0.1, 0.15) is 5.70 Å². The number of amides is 2. The van der Waals surface area contributed by atoms with Gasteiger partial charge in [0.15, 0.2) is 0 Å². The van der Waals surface area contributed by atoms with E-state index in [-0.39, 0.29) is 11.8 Å². The SMILES string of the molecule is C=CCNC1=CC(=O)N(CCC)C1=O. The molecule has 2 amide bonds. The first kappa shape index (κ1) is 10.5. The van der Waals surface area contributed by atoms with Gasteiger partial charge < -0.3 is 5.32 Å². The van der Waals surface area contributed by atoms with E-state index in [4.69, 9.17) is 0 Å². The van der Waals surface area contributed by atoms with Crippen LogP contribution in [0.3, 0.4) is 0 Å². The molecule has 14 heavy (non-hydrogen) atoms. The van der Waals surface area contributed by atoms with Crippen LogP contribution in [0.1, 0.15) is 13.3 Å². The zero-order valence-corrected chi connectivity index (χ0v) is 8.25. The van der Waals surface area contributed by atoms with E-state index in [0.717, 1.165) is 6.42 Å². The Morgan fingerprint density at radius 3 is 2.86 bits per heavy atom. The Bertz CT molecular complexity index is 294. The van der Waals surface area contributed by atoms with Crippen LogP contribution in [0.5, 0.6) is 0 Å². The van der Waals surface area contributed by atoms with E-state index in [1.54, 1.807) is 6.08 Å². The van der Waals surface area contributed by atoms with Crippen LogP contribution in [0, 0.1) is 0 Å². The van der Waals surface area contributed by atoms with Crippen molar-refractivity contribution in [2.45, 2.75) is 13.3 Å². The number of nitrogens with one attached hydrogen (secondary N) is 1. The molecule has 0 saturated heterocycles. The maximum Gasteiger partial charge on any atom is 0.276 e. The van der Waals surface area contributed by atoms with Gasteiger partial charge in [-0.3, -0.25) is 14.5 Å². The zero-order valence-electron chi connectivity index (χ0n) is 8.25. The van der Waals surface area contributed by atoms with Gasteiger partial charge in [-0.05, 0) is 6.42 Å². The van der Waals surface area contributed by atoms with Gasteiger partial charge in [-0.15, -0.1) is 6.58 Å². The minimum Gasteiger partial charge on any atom is -0.377 e. The lowest BCUT2D eigenvalue weighted by Gasteiger charge is -2.13. The molecule has 1 aliphatic heterocycles. The molecule has 0 saturated carbocycles. The standard InChI is InChI=1S/C10H14N2O2/c1-3-5-11-8-7-9(13)12(6-4-2)10(8)14/h3,7,11H,1,4-6H2,2H3. The molecule has 0 spiro atoms. The average Bonchev–Trinajstić information content (AvgIpc) is 2.43. The van der Waals surface area contributed by atoms with Crippen LogP contribution in [0.4, 0.5) is 0 Å². The molecule has 4 nitrogen and oxygen atoms in total. The predicted molar refractivity (Wildman–Crippen MR) is 53.3 cm³/mol. The minimum absolute atomic E-state index is 0.233. The van der Waals surface area contributed by atoms with Crippen molar-refractivity contribution in [2.75, 3.05) is 13.1 Å². The predicted octanol–water partition coefficient (Wildman–Crippen LogP) is 0.425. The van der Waals surface area contributed by atoms with E-state index < -0.39 is 0 Å². The second kappa shape index (κ2) is 4.60. The molecule has 1 heterocycles. The van der Waals surface area contributed by atoms with Crippen LogP contribution in [0.25, 0.3) is 0 Å². The second-order valence-electron chi connectivity index (χ2n) is 3.02. The molecular weight excluding hydrogens is 180 g/mol. The molecule has 0 aromatic carbocycles. The summed E-state index contributed by atoms with van der Waals surface area (Å²) in [4.78, 5) is 24.1. The van der Waals surface area contributed by atoms with E-state index in [0.29, 0.717) is 18.8 Å². The van der Waals surface area contributed by atoms with Crippen molar-refractivity contribution in [2.24, 2.45) is 0 Å². The molecule has 1 rings (SSSR count). The average molecular weight is 194 g/mol. The van der Waals surface area contributed by atoms with Gasteiger partial charge in [0.05, 0.1) is 0 Å². The number of imide groups is 1. The summed E-state index contributed by atoms with van der Waals surface area (Å²) in [5.74, 6) is -0.470. The summed E-state index contributed by atoms with van der Waals surface area (Å²) in [5.41, 5.74) is 0.364. The lowest BCUT2D eigenvalue weighted by atomic mass is 10.4. The lowest BCUT2D eigenvalue weighted by Crippen LogP contribution is -2.34. The first-order chi connectivity index (χ1) is 6.70. The lowest BCUT2D eigenvalue weighted by molar-refractivity contribution is -0.137. The molecule has 0 radical (unpaired) electrons. The Morgan fingerprint density at radius 1 is 1.57 bits per heavy atom. The highest BCUT2D eigenvalue weighted by Crippen LogP contribution is 2.10. The maximum absolute atomic E-state index is 11.6. The van der Waals surface area contributed by atoms with Gasteiger partial charge in [0.25, 0.3) is 11.8 Å². The number of carbonyl (C=O) groups excluding carboxylic acids is 2. The monoisotopic (exact) mass is 194 g/mol. The first-order valence-electron chi connectivity index (χ1n) is 4.63. The van der Waals surface area contributed by atoms with Crippen LogP contribution in [0.15, 0.2) is 24.4 Å². The Kier molecular flexibility index (Phi) is 3.45. The number of hydrogen-bond donors (Lipinski definition) is 1. The van der Waals surface area contributed by atoms with E-state index in [1.807, 2.05) is 6.92 Å². The second-order valence-corrected chi connectivity index (χ2v) is 3.02. The number of carbonyl (C=O) groups is 2. The smallest absolute Gasteiger partial charge is 0.276 e. The van der Waals surface area contributed by atoms with Gasteiger partial charge in [-0.25, -0.2) is 0 Å². The van der Waals surface area contributed by atoms with Crippen molar-refractivity contribution in [1.82, 2.24) is 10.2 Å². The first-order valence-corrected chi connectivity index (χ1v) is 4.63. The third kappa shape index (κ3) is 2.02. The molecule has 0 bridgehead atoms. The van der Waals surface area contributed by atoms with E-state index >= 15 is 0 Å². The van der Waals surface area contributed by atoms with Crippen molar-refractivity contribution in [3.63, 3.8) is 0 Å². The third-order valence-electron chi connectivity index (χ3n) is 1.89. The Hall–Kier alpha value is -1.58. The van der Waals surface area contributed by atoms with E-state index in [1.165, 1.54) is 11.0 Å². The summed E-state index contributed by atoms with van der Waals surface area (Å²) < 4.78 is 0. The summed E-state index contributed by atoms with van der Waals surface area (Å²) >= 11 is 0. The molecular formula is C10H14N2O2. The highest BCUT2D eigenvalue weighted by Gasteiger charge is 2.29. The Labute approximate surface area is 83.3 Å². The van der Waals surface area contributed by atoms with E-state index in [2.05, 4.69) is 11.9 Å². The minimum atomic E-state index is -0.237. The fourth-order valence-electron chi connectivity index (χ4n) is 1.25. The van der Waals surface area contributed by atoms with Gasteiger partial charge >= 0.3 is 0 Å². The van der Waals surface area contributed by atoms with Crippen molar-refractivity contribution in [3.05, 3.63) is 24.4 Å². The van der Waals surface area contributed by atoms with Gasteiger partial charge in [0.2, 0.25) is 0 Å². The van der Waals surface area contributed by atoms with Crippen LogP contribution in [-0.4, -0.2) is 29.8 Å².